The first-order chi connectivity index (χ1) is 4.93. The van der Waals surface area contributed by atoms with Crippen molar-refractivity contribution in [3.05, 3.63) is 0 Å². The largest absolute Gasteiger partial charge is 0.316 e. The molecule has 1 rings (SSSR count). The average Bonchev–Trinajstić information content (AvgIpc) is 2.41. The summed E-state index contributed by atoms with van der Waals surface area (Å²) in [4.78, 5) is 0. The Morgan fingerprint density at radius 1 is 1.60 bits per heavy atom. The molecule has 0 aromatic heterocycles. The molecule has 0 spiro atoms. The molecule has 1 fully saturated rings. The average molecular weight is 138 g/mol. The number of rotatable bonds is 3. The molecule has 0 bridgehead atoms. The zero-order valence-corrected chi connectivity index (χ0v) is 6.27. The summed E-state index contributed by atoms with van der Waals surface area (Å²) in [6.45, 7) is 2.35. The van der Waals surface area contributed by atoms with Crippen LogP contribution >= 0.6 is 0 Å². The molecule has 0 aliphatic carbocycles. The fourth-order valence-corrected chi connectivity index (χ4v) is 1.43. The molecule has 56 valence electrons. The molecule has 0 amide bonds. The summed E-state index contributed by atoms with van der Waals surface area (Å²) in [6.07, 6.45) is 4.37. The molecule has 1 heterocycles. The van der Waals surface area contributed by atoms with Crippen molar-refractivity contribution in [2.75, 3.05) is 13.1 Å². The van der Waals surface area contributed by atoms with Crippen molar-refractivity contribution in [2.24, 2.45) is 5.92 Å². The number of nitriles is 1. The highest BCUT2D eigenvalue weighted by Gasteiger charge is 2.12. The highest BCUT2D eigenvalue weighted by molar-refractivity contribution is 4.74. The third-order valence-electron chi connectivity index (χ3n) is 2.06. The van der Waals surface area contributed by atoms with Crippen molar-refractivity contribution in [2.45, 2.75) is 25.7 Å². The lowest BCUT2D eigenvalue weighted by atomic mass is 10.0. The molecule has 0 saturated carbocycles. The second kappa shape index (κ2) is 4.29. The van der Waals surface area contributed by atoms with Gasteiger partial charge in [-0.2, -0.15) is 5.26 Å². The van der Waals surface area contributed by atoms with Gasteiger partial charge in [-0.05, 0) is 38.3 Å². The van der Waals surface area contributed by atoms with Gasteiger partial charge in [-0.1, -0.05) is 0 Å². The molecule has 1 N–H and O–H groups in total. The molecule has 0 radical (unpaired) electrons. The Labute approximate surface area is 62.2 Å². The standard InChI is InChI=1S/C8H14N2/c9-5-2-1-3-8-4-6-10-7-8/h8,10H,1-4,6-7H2. The topological polar surface area (TPSA) is 35.8 Å². The Morgan fingerprint density at radius 3 is 3.10 bits per heavy atom. The van der Waals surface area contributed by atoms with Gasteiger partial charge in [-0.3, -0.25) is 0 Å². The minimum atomic E-state index is 0.733. The zero-order chi connectivity index (χ0) is 7.23. The van der Waals surface area contributed by atoms with Crippen molar-refractivity contribution in [1.82, 2.24) is 5.32 Å². The number of nitrogens with one attached hydrogen (secondary N) is 1. The summed E-state index contributed by atoms with van der Waals surface area (Å²) in [5.74, 6) is 0.855. The van der Waals surface area contributed by atoms with Crippen LogP contribution in [0.4, 0.5) is 0 Å². The predicted molar refractivity (Wildman–Crippen MR) is 40.4 cm³/mol. The monoisotopic (exact) mass is 138 g/mol. The maximum atomic E-state index is 8.27. The predicted octanol–water partition coefficient (Wildman–Crippen LogP) is 1.29. The van der Waals surface area contributed by atoms with E-state index < -0.39 is 0 Å². The number of hydrogen-bond acceptors (Lipinski definition) is 2. The van der Waals surface area contributed by atoms with Gasteiger partial charge in [0.1, 0.15) is 0 Å². The van der Waals surface area contributed by atoms with Crippen molar-refractivity contribution < 1.29 is 0 Å². The van der Waals surface area contributed by atoms with Gasteiger partial charge in [0, 0.05) is 6.42 Å². The Bertz CT molecular complexity index is 120. The Balaban J connectivity index is 1.97. The third kappa shape index (κ3) is 2.36. The summed E-state index contributed by atoms with van der Waals surface area (Å²) >= 11 is 0. The molecule has 2 heteroatoms. The minimum Gasteiger partial charge on any atom is -0.316 e. The number of unbranched alkanes of at least 4 members (excludes halogenated alkanes) is 1. The summed E-state index contributed by atoms with van der Waals surface area (Å²) < 4.78 is 0. The van der Waals surface area contributed by atoms with Crippen LogP contribution in [0, 0.1) is 17.2 Å². The lowest BCUT2D eigenvalue weighted by Gasteiger charge is -2.03. The van der Waals surface area contributed by atoms with Gasteiger partial charge in [0.15, 0.2) is 0 Å². The van der Waals surface area contributed by atoms with E-state index in [1.165, 1.54) is 25.9 Å². The smallest absolute Gasteiger partial charge is 0.0621 e. The highest BCUT2D eigenvalue weighted by Crippen LogP contribution is 2.14. The van der Waals surface area contributed by atoms with Crippen LogP contribution in [0.3, 0.4) is 0 Å². The van der Waals surface area contributed by atoms with E-state index >= 15 is 0 Å². The van der Waals surface area contributed by atoms with E-state index in [1.807, 2.05) is 0 Å². The first-order valence-corrected chi connectivity index (χ1v) is 4.01. The first kappa shape index (κ1) is 7.56. The Kier molecular flexibility index (Phi) is 3.25. The van der Waals surface area contributed by atoms with Crippen molar-refractivity contribution in [3.8, 4) is 6.07 Å². The van der Waals surface area contributed by atoms with Crippen LogP contribution in [-0.4, -0.2) is 13.1 Å². The van der Waals surface area contributed by atoms with Crippen molar-refractivity contribution in [1.29, 1.82) is 5.26 Å². The summed E-state index contributed by atoms with van der Waals surface area (Å²) in [5, 5.41) is 11.6. The molecule has 2 nitrogen and oxygen atoms in total. The van der Waals surface area contributed by atoms with Gasteiger partial charge < -0.3 is 5.32 Å². The van der Waals surface area contributed by atoms with E-state index in [1.54, 1.807) is 0 Å². The third-order valence-corrected chi connectivity index (χ3v) is 2.06. The van der Waals surface area contributed by atoms with Crippen LogP contribution in [0.5, 0.6) is 0 Å². The first-order valence-electron chi connectivity index (χ1n) is 4.01. The summed E-state index contributed by atoms with van der Waals surface area (Å²) in [7, 11) is 0. The van der Waals surface area contributed by atoms with Crippen LogP contribution in [-0.2, 0) is 0 Å². The van der Waals surface area contributed by atoms with E-state index in [9.17, 15) is 0 Å². The number of hydrogen-bond donors (Lipinski definition) is 1. The molecule has 0 aromatic carbocycles. The van der Waals surface area contributed by atoms with Gasteiger partial charge >= 0.3 is 0 Å². The maximum absolute atomic E-state index is 8.27. The van der Waals surface area contributed by atoms with Crippen LogP contribution in [0.15, 0.2) is 0 Å². The maximum Gasteiger partial charge on any atom is 0.0621 e. The second-order valence-corrected chi connectivity index (χ2v) is 2.91. The molecular formula is C8H14N2. The van der Waals surface area contributed by atoms with Crippen LogP contribution in [0.25, 0.3) is 0 Å². The van der Waals surface area contributed by atoms with Gasteiger partial charge in [0.25, 0.3) is 0 Å². The van der Waals surface area contributed by atoms with Crippen LogP contribution < -0.4 is 5.32 Å². The molecule has 1 aliphatic rings. The van der Waals surface area contributed by atoms with E-state index in [2.05, 4.69) is 11.4 Å². The second-order valence-electron chi connectivity index (χ2n) is 2.91. The van der Waals surface area contributed by atoms with E-state index in [0.717, 1.165) is 18.8 Å². The van der Waals surface area contributed by atoms with Crippen molar-refractivity contribution >= 4 is 0 Å². The lowest BCUT2D eigenvalue weighted by molar-refractivity contribution is 0.514. The highest BCUT2D eigenvalue weighted by atomic mass is 14.9. The molecular weight excluding hydrogens is 124 g/mol. The van der Waals surface area contributed by atoms with E-state index in [-0.39, 0.29) is 0 Å². The van der Waals surface area contributed by atoms with E-state index in [4.69, 9.17) is 5.26 Å². The Hall–Kier alpha value is -0.550. The lowest BCUT2D eigenvalue weighted by Crippen LogP contribution is -2.08. The van der Waals surface area contributed by atoms with Crippen LogP contribution in [0.1, 0.15) is 25.7 Å². The van der Waals surface area contributed by atoms with Gasteiger partial charge in [-0.15, -0.1) is 0 Å². The normalized spacial score (nSPS) is 24.5. The molecule has 1 atom stereocenters. The van der Waals surface area contributed by atoms with Gasteiger partial charge in [-0.25, -0.2) is 0 Å². The zero-order valence-electron chi connectivity index (χ0n) is 6.27. The summed E-state index contributed by atoms with van der Waals surface area (Å²) in [5.41, 5.74) is 0. The molecule has 1 saturated heterocycles. The van der Waals surface area contributed by atoms with E-state index in [0.29, 0.717) is 0 Å². The van der Waals surface area contributed by atoms with Gasteiger partial charge in [0.05, 0.1) is 6.07 Å². The Morgan fingerprint density at radius 2 is 2.50 bits per heavy atom. The molecule has 10 heavy (non-hydrogen) atoms. The molecule has 1 aliphatic heterocycles. The number of nitrogens with zero attached hydrogens (tertiary/aromatic N) is 1. The van der Waals surface area contributed by atoms with Crippen molar-refractivity contribution in [3.63, 3.8) is 0 Å². The molecule has 0 aromatic rings. The van der Waals surface area contributed by atoms with Crippen LogP contribution in [0.2, 0.25) is 0 Å². The molecule has 1 unspecified atom stereocenters. The minimum absolute atomic E-state index is 0.733. The quantitative estimate of drug-likeness (QED) is 0.596. The SMILES string of the molecule is N#CCCCC1CCNC1. The summed E-state index contributed by atoms with van der Waals surface area (Å²) in [6, 6.07) is 2.17. The van der Waals surface area contributed by atoms with Gasteiger partial charge in [0.2, 0.25) is 0 Å². The fourth-order valence-electron chi connectivity index (χ4n) is 1.43. The fraction of sp³-hybridized carbons (Fsp3) is 0.875.